The molecule has 0 aliphatic rings. The minimum absolute atomic E-state index is 0.267. The van der Waals surface area contributed by atoms with Crippen LogP contribution in [0.25, 0.3) is 72.8 Å². The van der Waals surface area contributed by atoms with Gasteiger partial charge < -0.3 is 4.57 Å². The summed E-state index contributed by atoms with van der Waals surface area (Å²) >= 11 is 0. The van der Waals surface area contributed by atoms with Crippen molar-refractivity contribution in [3.8, 4) is 51.0 Å². The highest BCUT2D eigenvalue weighted by Crippen LogP contribution is 2.38. The fourth-order valence-corrected chi connectivity index (χ4v) is 6.01. The summed E-state index contributed by atoms with van der Waals surface area (Å²) in [4.78, 5) is 14.9. The van der Waals surface area contributed by atoms with E-state index in [1.54, 1.807) is 0 Å². The van der Waals surface area contributed by atoms with Gasteiger partial charge in [-0.05, 0) is 48.9 Å². The maximum Gasteiger partial charge on any atom is 0.164 e. The second-order valence-electron chi connectivity index (χ2n) is 11.2. The molecule has 0 atom stereocenters. The van der Waals surface area contributed by atoms with Crippen LogP contribution in [0.15, 0.2) is 146 Å². The zero-order valence-corrected chi connectivity index (χ0v) is 24.5. The molecule has 0 N–H and O–H groups in total. The summed E-state index contributed by atoms with van der Waals surface area (Å²) in [6.45, 7) is 2.12. The molecule has 0 aliphatic carbocycles. The number of rotatable bonds is 5. The topological polar surface area (TPSA) is 43.6 Å². The van der Waals surface area contributed by atoms with E-state index in [1.807, 2.05) is 78.9 Å². The van der Waals surface area contributed by atoms with E-state index in [9.17, 15) is 4.39 Å². The lowest BCUT2D eigenvalue weighted by atomic mass is 10.0. The first kappa shape index (κ1) is 26.7. The first-order chi connectivity index (χ1) is 22.1. The minimum Gasteiger partial charge on any atom is -0.309 e. The minimum atomic E-state index is -0.267. The maximum absolute atomic E-state index is 14.0. The Morgan fingerprint density at radius 1 is 0.467 bits per heavy atom. The number of aromatic nitrogens is 4. The molecule has 0 bridgehead atoms. The summed E-state index contributed by atoms with van der Waals surface area (Å²) in [7, 11) is 0. The average molecular weight is 583 g/mol. The van der Waals surface area contributed by atoms with Crippen LogP contribution in [-0.2, 0) is 0 Å². The number of hydrogen-bond acceptors (Lipinski definition) is 3. The first-order valence-corrected chi connectivity index (χ1v) is 14.9. The molecule has 0 amide bonds. The Bertz CT molecular complexity index is 2270. The largest absolute Gasteiger partial charge is 0.309 e. The first-order valence-electron chi connectivity index (χ1n) is 14.9. The van der Waals surface area contributed by atoms with E-state index in [1.165, 1.54) is 28.5 Å². The number of halogens is 1. The van der Waals surface area contributed by atoms with Crippen molar-refractivity contribution in [1.29, 1.82) is 0 Å². The number of fused-ring (bicyclic) bond motifs is 3. The molecule has 0 fully saturated rings. The number of aryl methyl sites for hydroxylation is 1. The van der Waals surface area contributed by atoms with Crippen LogP contribution in [0.5, 0.6) is 0 Å². The van der Waals surface area contributed by atoms with Crippen molar-refractivity contribution in [2.45, 2.75) is 6.92 Å². The Balaban J connectivity index is 1.41. The van der Waals surface area contributed by atoms with Gasteiger partial charge in [-0.15, -0.1) is 0 Å². The summed E-state index contributed by atoms with van der Waals surface area (Å²) in [5, 5.41) is 2.35. The van der Waals surface area contributed by atoms with E-state index in [2.05, 4.69) is 66.1 Å². The van der Waals surface area contributed by atoms with E-state index in [0.29, 0.717) is 17.5 Å². The highest BCUT2D eigenvalue weighted by atomic mass is 19.1. The molecular formula is C40H27FN4. The van der Waals surface area contributed by atoms with E-state index in [0.717, 1.165) is 44.5 Å². The van der Waals surface area contributed by atoms with Gasteiger partial charge in [-0.3, -0.25) is 0 Å². The third-order valence-electron chi connectivity index (χ3n) is 8.18. The summed E-state index contributed by atoms with van der Waals surface area (Å²) in [5.41, 5.74) is 8.91. The van der Waals surface area contributed by atoms with Crippen LogP contribution in [0.1, 0.15) is 5.56 Å². The summed E-state index contributed by atoms with van der Waals surface area (Å²) in [6.07, 6.45) is 0. The summed E-state index contributed by atoms with van der Waals surface area (Å²) in [5.74, 6) is 1.52. The Labute approximate surface area is 260 Å². The number of benzene rings is 6. The second kappa shape index (κ2) is 11.0. The van der Waals surface area contributed by atoms with Gasteiger partial charge in [0.15, 0.2) is 17.5 Å². The third-order valence-corrected chi connectivity index (χ3v) is 8.18. The van der Waals surface area contributed by atoms with Crippen molar-refractivity contribution in [3.63, 3.8) is 0 Å². The van der Waals surface area contributed by atoms with Gasteiger partial charge in [0, 0.05) is 33.0 Å². The van der Waals surface area contributed by atoms with Crippen LogP contribution in [-0.4, -0.2) is 19.5 Å². The number of para-hydroxylation sites is 1. The van der Waals surface area contributed by atoms with Crippen LogP contribution in [0, 0.1) is 12.7 Å². The third kappa shape index (κ3) is 4.85. The Morgan fingerprint density at radius 3 is 1.69 bits per heavy atom. The van der Waals surface area contributed by atoms with E-state index < -0.39 is 0 Å². The molecule has 0 radical (unpaired) electrons. The quantitative estimate of drug-likeness (QED) is 0.203. The molecule has 8 rings (SSSR count). The molecule has 0 saturated heterocycles. The number of hydrogen-bond donors (Lipinski definition) is 0. The van der Waals surface area contributed by atoms with Crippen molar-refractivity contribution in [1.82, 2.24) is 19.5 Å². The van der Waals surface area contributed by atoms with Gasteiger partial charge in [0.2, 0.25) is 0 Å². The molecule has 5 heteroatoms. The predicted molar refractivity (Wildman–Crippen MR) is 181 cm³/mol. The van der Waals surface area contributed by atoms with Crippen LogP contribution in [0.2, 0.25) is 0 Å². The van der Waals surface area contributed by atoms with Crippen LogP contribution in [0.3, 0.4) is 0 Å². The van der Waals surface area contributed by atoms with Gasteiger partial charge in [-0.2, -0.15) is 0 Å². The van der Waals surface area contributed by atoms with Gasteiger partial charge >= 0.3 is 0 Å². The summed E-state index contributed by atoms with van der Waals surface area (Å²) < 4.78 is 16.3. The Hall–Kier alpha value is -5.94. The molecule has 0 saturated carbocycles. The molecule has 45 heavy (non-hydrogen) atoms. The highest BCUT2D eigenvalue weighted by Gasteiger charge is 2.19. The smallest absolute Gasteiger partial charge is 0.164 e. The van der Waals surface area contributed by atoms with Gasteiger partial charge in [-0.25, -0.2) is 19.3 Å². The molecule has 0 aliphatic heterocycles. The van der Waals surface area contributed by atoms with Crippen LogP contribution in [0.4, 0.5) is 4.39 Å². The average Bonchev–Trinajstić information content (AvgIpc) is 3.42. The van der Waals surface area contributed by atoms with Crippen molar-refractivity contribution in [2.24, 2.45) is 0 Å². The van der Waals surface area contributed by atoms with Crippen LogP contribution < -0.4 is 0 Å². The molecule has 0 spiro atoms. The molecule has 2 heterocycles. The normalized spacial score (nSPS) is 11.3. The fourth-order valence-electron chi connectivity index (χ4n) is 6.01. The molecule has 4 nitrogen and oxygen atoms in total. The van der Waals surface area contributed by atoms with Crippen LogP contribution >= 0.6 is 0 Å². The lowest BCUT2D eigenvalue weighted by molar-refractivity contribution is 0.628. The second-order valence-corrected chi connectivity index (χ2v) is 11.2. The predicted octanol–water partition coefficient (Wildman–Crippen LogP) is 10.1. The van der Waals surface area contributed by atoms with Gasteiger partial charge in [0.1, 0.15) is 5.82 Å². The Morgan fingerprint density at radius 2 is 1.02 bits per heavy atom. The number of nitrogens with zero attached hydrogens (tertiary/aromatic N) is 4. The summed E-state index contributed by atoms with van der Waals surface area (Å²) in [6, 6.07) is 47.9. The molecule has 6 aromatic carbocycles. The van der Waals surface area contributed by atoms with Gasteiger partial charge in [0.05, 0.1) is 16.7 Å². The van der Waals surface area contributed by atoms with Crippen molar-refractivity contribution in [2.75, 3.05) is 0 Å². The molecular weight excluding hydrogens is 555 g/mol. The lowest BCUT2D eigenvalue weighted by Crippen LogP contribution is -2.02. The monoisotopic (exact) mass is 582 g/mol. The van der Waals surface area contributed by atoms with E-state index in [-0.39, 0.29) is 5.82 Å². The van der Waals surface area contributed by atoms with Crippen molar-refractivity contribution < 1.29 is 4.39 Å². The fraction of sp³-hybridized carbons (Fsp3) is 0.0250. The zero-order valence-electron chi connectivity index (χ0n) is 24.5. The van der Waals surface area contributed by atoms with Gasteiger partial charge in [-0.1, -0.05) is 115 Å². The molecule has 0 unspecified atom stereocenters. The zero-order chi connectivity index (χ0) is 30.3. The van der Waals surface area contributed by atoms with Crippen molar-refractivity contribution >= 4 is 21.8 Å². The molecule has 2 aromatic heterocycles. The maximum atomic E-state index is 14.0. The SMILES string of the molecule is Cc1ccc2c(c1)c1ccccc1n2-c1cc(-c2nc(-c3ccccc3)nc(-c3ccccc3)n2)ccc1-c1ccc(F)cc1. The van der Waals surface area contributed by atoms with Gasteiger partial charge in [0.25, 0.3) is 0 Å². The van der Waals surface area contributed by atoms with E-state index >= 15 is 0 Å². The van der Waals surface area contributed by atoms with E-state index in [4.69, 9.17) is 15.0 Å². The Kier molecular flexibility index (Phi) is 6.50. The standard InChI is InChI=1S/C40H27FN4/c1-26-16-23-36-34(24-26)33-14-8-9-15-35(33)45(36)37-25-30(19-22-32(37)27-17-20-31(41)21-18-27)40-43-38(28-10-4-2-5-11-28)42-39(44-40)29-12-6-3-7-13-29/h2-25H,1H3. The molecule has 214 valence electrons. The molecule has 8 aromatic rings. The lowest BCUT2D eigenvalue weighted by Gasteiger charge is -2.16. The highest BCUT2D eigenvalue weighted by molar-refractivity contribution is 6.10. The van der Waals surface area contributed by atoms with Crippen molar-refractivity contribution in [3.05, 3.63) is 157 Å².